The largest absolute Gasteiger partial charge is 0.372 e. The predicted octanol–water partition coefficient (Wildman–Crippen LogP) is 1.71. The van der Waals surface area contributed by atoms with Crippen molar-refractivity contribution in [1.29, 1.82) is 0 Å². The number of anilines is 1. The average molecular weight is 326 g/mol. The van der Waals surface area contributed by atoms with E-state index in [1.807, 2.05) is 31.0 Å². The van der Waals surface area contributed by atoms with Crippen LogP contribution in [0.3, 0.4) is 0 Å². The van der Waals surface area contributed by atoms with Gasteiger partial charge in [-0.05, 0) is 44.2 Å². The van der Waals surface area contributed by atoms with Gasteiger partial charge in [-0.1, -0.05) is 0 Å². The quantitative estimate of drug-likeness (QED) is 0.921. The lowest BCUT2D eigenvalue weighted by Crippen LogP contribution is -2.40. The van der Waals surface area contributed by atoms with E-state index in [0.29, 0.717) is 17.3 Å². The number of nitrogens with zero attached hydrogens (tertiary/aromatic N) is 5. The topological polar surface area (TPSA) is 83.9 Å². The van der Waals surface area contributed by atoms with E-state index in [0.717, 1.165) is 43.9 Å². The number of carbonyl (C=O) groups is 1. The molecule has 0 bridgehead atoms. The summed E-state index contributed by atoms with van der Waals surface area (Å²) in [5, 5.41) is 11.3. The molecule has 1 amide bonds. The standard InChI is InChI=1S/C17H22N6O/c1-12-19-9-14(10-20-12)17(24)23-7-3-4-13(11-23)8-15-5-6-16(18-2)22-21-15/h5-6,9-10,13H,3-4,7-8,11H2,1-2H3,(H,18,22). The molecule has 1 saturated heterocycles. The molecule has 1 aliphatic rings. The first-order valence-corrected chi connectivity index (χ1v) is 8.24. The summed E-state index contributed by atoms with van der Waals surface area (Å²) in [5.74, 6) is 1.85. The van der Waals surface area contributed by atoms with Crippen molar-refractivity contribution in [2.75, 3.05) is 25.5 Å². The van der Waals surface area contributed by atoms with Gasteiger partial charge in [0.2, 0.25) is 0 Å². The Hall–Kier alpha value is -2.57. The molecule has 0 aromatic carbocycles. The lowest BCUT2D eigenvalue weighted by Gasteiger charge is -2.32. The van der Waals surface area contributed by atoms with Crippen molar-refractivity contribution in [1.82, 2.24) is 25.1 Å². The summed E-state index contributed by atoms with van der Waals surface area (Å²) in [6, 6.07) is 3.92. The van der Waals surface area contributed by atoms with Gasteiger partial charge in [-0.2, -0.15) is 5.10 Å². The minimum Gasteiger partial charge on any atom is -0.372 e. The van der Waals surface area contributed by atoms with Crippen molar-refractivity contribution in [2.45, 2.75) is 26.2 Å². The van der Waals surface area contributed by atoms with E-state index in [4.69, 9.17) is 0 Å². The first-order chi connectivity index (χ1) is 11.7. The molecule has 2 aromatic rings. The third kappa shape index (κ3) is 3.84. The predicted molar refractivity (Wildman–Crippen MR) is 90.7 cm³/mol. The smallest absolute Gasteiger partial charge is 0.256 e. The van der Waals surface area contributed by atoms with Crippen molar-refractivity contribution < 1.29 is 4.79 Å². The number of aryl methyl sites for hydroxylation is 1. The number of amides is 1. The van der Waals surface area contributed by atoms with Crippen molar-refractivity contribution >= 4 is 11.7 Å². The van der Waals surface area contributed by atoms with Gasteiger partial charge < -0.3 is 10.2 Å². The molecule has 3 rings (SSSR count). The van der Waals surface area contributed by atoms with Crippen LogP contribution in [0.2, 0.25) is 0 Å². The van der Waals surface area contributed by atoms with Crippen LogP contribution in [0.1, 0.15) is 34.7 Å². The molecule has 1 atom stereocenters. The van der Waals surface area contributed by atoms with Crippen LogP contribution in [0, 0.1) is 12.8 Å². The molecule has 0 radical (unpaired) electrons. The molecule has 0 spiro atoms. The molecule has 7 nitrogen and oxygen atoms in total. The maximum absolute atomic E-state index is 12.6. The van der Waals surface area contributed by atoms with Gasteiger partial charge in [-0.25, -0.2) is 9.97 Å². The van der Waals surface area contributed by atoms with E-state index in [1.54, 1.807) is 12.4 Å². The summed E-state index contributed by atoms with van der Waals surface area (Å²) in [4.78, 5) is 22.7. The Morgan fingerprint density at radius 2 is 2.08 bits per heavy atom. The normalized spacial score (nSPS) is 17.6. The summed E-state index contributed by atoms with van der Waals surface area (Å²) < 4.78 is 0. The maximum atomic E-state index is 12.6. The van der Waals surface area contributed by atoms with Crippen LogP contribution in [0.15, 0.2) is 24.5 Å². The van der Waals surface area contributed by atoms with Gasteiger partial charge >= 0.3 is 0 Å². The minimum absolute atomic E-state index is 0.0105. The van der Waals surface area contributed by atoms with Crippen LogP contribution >= 0.6 is 0 Å². The van der Waals surface area contributed by atoms with Gasteiger partial charge in [0.25, 0.3) is 5.91 Å². The van der Waals surface area contributed by atoms with Gasteiger partial charge in [-0.3, -0.25) is 4.79 Å². The van der Waals surface area contributed by atoms with Crippen LogP contribution in [-0.4, -0.2) is 51.1 Å². The zero-order valence-corrected chi connectivity index (χ0v) is 14.1. The molecule has 126 valence electrons. The average Bonchev–Trinajstić information content (AvgIpc) is 2.63. The number of carbonyl (C=O) groups excluding carboxylic acids is 1. The Bertz CT molecular complexity index is 685. The van der Waals surface area contributed by atoms with Gasteiger partial charge in [0.1, 0.15) is 11.6 Å². The zero-order valence-electron chi connectivity index (χ0n) is 14.1. The lowest BCUT2D eigenvalue weighted by atomic mass is 9.93. The Balaban J connectivity index is 1.63. The van der Waals surface area contributed by atoms with Gasteiger partial charge in [0, 0.05) is 32.5 Å². The highest BCUT2D eigenvalue weighted by Crippen LogP contribution is 2.21. The molecule has 0 aliphatic carbocycles. The van der Waals surface area contributed by atoms with Crippen molar-refractivity contribution in [3.63, 3.8) is 0 Å². The van der Waals surface area contributed by atoms with E-state index in [-0.39, 0.29) is 5.91 Å². The van der Waals surface area contributed by atoms with Crippen LogP contribution in [0.25, 0.3) is 0 Å². The van der Waals surface area contributed by atoms with E-state index >= 15 is 0 Å². The molecule has 3 heterocycles. The monoisotopic (exact) mass is 326 g/mol. The Morgan fingerprint density at radius 1 is 1.29 bits per heavy atom. The molecule has 2 aromatic heterocycles. The number of nitrogens with one attached hydrogen (secondary N) is 1. The van der Waals surface area contributed by atoms with E-state index in [1.165, 1.54) is 0 Å². The third-order valence-corrected chi connectivity index (χ3v) is 4.31. The highest BCUT2D eigenvalue weighted by atomic mass is 16.2. The van der Waals surface area contributed by atoms with Crippen LogP contribution < -0.4 is 5.32 Å². The summed E-state index contributed by atoms with van der Waals surface area (Å²) in [7, 11) is 1.82. The summed E-state index contributed by atoms with van der Waals surface area (Å²) >= 11 is 0. The SMILES string of the molecule is CNc1ccc(CC2CCCN(C(=O)c3cnc(C)nc3)C2)nn1. The van der Waals surface area contributed by atoms with Crippen molar-refractivity contribution in [3.8, 4) is 0 Å². The fourth-order valence-electron chi connectivity index (χ4n) is 3.00. The van der Waals surface area contributed by atoms with Crippen LogP contribution in [-0.2, 0) is 6.42 Å². The molecule has 0 saturated carbocycles. The summed E-state index contributed by atoms with van der Waals surface area (Å²) in [6.07, 6.45) is 6.16. The maximum Gasteiger partial charge on any atom is 0.256 e. The highest BCUT2D eigenvalue weighted by Gasteiger charge is 2.25. The first-order valence-electron chi connectivity index (χ1n) is 8.24. The number of rotatable bonds is 4. The van der Waals surface area contributed by atoms with Crippen LogP contribution in [0.4, 0.5) is 5.82 Å². The second-order valence-electron chi connectivity index (χ2n) is 6.14. The van der Waals surface area contributed by atoms with E-state index in [9.17, 15) is 4.79 Å². The lowest BCUT2D eigenvalue weighted by molar-refractivity contribution is 0.0671. The Labute approximate surface area is 141 Å². The molecule has 1 fully saturated rings. The summed E-state index contributed by atoms with van der Waals surface area (Å²) in [6.45, 7) is 3.33. The van der Waals surface area contributed by atoms with E-state index < -0.39 is 0 Å². The number of hydrogen-bond acceptors (Lipinski definition) is 6. The number of aromatic nitrogens is 4. The second kappa shape index (κ2) is 7.33. The van der Waals surface area contributed by atoms with Crippen molar-refractivity contribution in [3.05, 3.63) is 41.6 Å². The van der Waals surface area contributed by atoms with Crippen LogP contribution in [0.5, 0.6) is 0 Å². The molecule has 7 heteroatoms. The molecule has 1 unspecified atom stereocenters. The Morgan fingerprint density at radius 3 is 2.75 bits per heavy atom. The second-order valence-corrected chi connectivity index (χ2v) is 6.14. The fourth-order valence-corrected chi connectivity index (χ4v) is 3.00. The summed E-state index contributed by atoms with van der Waals surface area (Å²) in [5.41, 5.74) is 1.52. The molecule has 24 heavy (non-hydrogen) atoms. The van der Waals surface area contributed by atoms with Gasteiger partial charge in [0.05, 0.1) is 11.3 Å². The third-order valence-electron chi connectivity index (χ3n) is 4.31. The highest BCUT2D eigenvalue weighted by molar-refractivity contribution is 5.93. The van der Waals surface area contributed by atoms with Gasteiger partial charge in [-0.15, -0.1) is 5.10 Å². The number of hydrogen-bond donors (Lipinski definition) is 1. The minimum atomic E-state index is 0.0105. The zero-order chi connectivity index (χ0) is 16.9. The van der Waals surface area contributed by atoms with Gasteiger partial charge in [0.15, 0.2) is 0 Å². The first kappa shape index (κ1) is 16.3. The number of piperidine rings is 1. The fraction of sp³-hybridized carbons (Fsp3) is 0.471. The molecule has 1 aliphatic heterocycles. The van der Waals surface area contributed by atoms with E-state index in [2.05, 4.69) is 25.5 Å². The molecular formula is C17H22N6O. The molecule has 1 N–H and O–H groups in total. The number of likely N-dealkylation sites (tertiary alicyclic amines) is 1. The van der Waals surface area contributed by atoms with Crippen molar-refractivity contribution in [2.24, 2.45) is 5.92 Å². The molecular weight excluding hydrogens is 304 g/mol. The Kier molecular flexibility index (Phi) is 4.98.